The second-order valence-corrected chi connectivity index (χ2v) is 12.0. The number of carbonyl (C=O) groups excluding carboxylic acids is 3. The van der Waals surface area contributed by atoms with Gasteiger partial charge >= 0.3 is 5.97 Å². The standard InChI is InChI=1S/C32H32N4O4S3/c1-4-25(42-24-18-12-17-23(19-24)35-32(41)34-22-15-10-7-11-16-22)28(37)36-30-26(31(39)40-5-2)20(3)27(43-30)29(38)33-21-13-8-6-9-14-21/h6-19,25H,4-5H2,1-3H3,(H,33,38)(H,36,37)(H2,34,35,41). The van der Waals surface area contributed by atoms with Crippen LogP contribution in [-0.4, -0.2) is 34.8 Å². The smallest absolute Gasteiger partial charge is 0.341 e. The van der Waals surface area contributed by atoms with Crippen molar-refractivity contribution in [3.8, 4) is 0 Å². The summed E-state index contributed by atoms with van der Waals surface area (Å²) in [5.41, 5.74) is 2.91. The van der Waals surface area contributed by atoms with Gasteiger partial charge in [0.25, 0.3) is 5.91 Å². The van der Waals surface area contributed by atoms with Crippen LogP contribution in [0.1, 0.15) is 45.9 Å². The second kappa shape index (κ2) is 15.3. The van der Waals surface area contributed by atoms with Crippen molar-refractivity contribution in [2.45, 2.75) is 37.3 Å². The van der Waals surface area contributed by atoms with Gasteiger partial charge in [-0.1, -0.05) is 49.4 Å². The fraction of sp³-hybridized carbons (Fsp3) is 0.188. The Balaban J connectivity index is 1.48. The maximum absolute atomic E-state index is 13.5. The van der Waals surface area contributed by atoms with Gasteiger partial charge in [0, 0.05) is 22.0 Å². The molecule has 222 valence electrons. The van der Waals surface area contributed by atoms with Gasteiger partial charge in [-0.25, -0.2) is 4.79 Å². The molecule has 8 nitrogen and oxygen atoms in total. The van der Waals surface area contributed by atoms with Crippen LogP contribution in [0.4, 0.5) is 22.1 Å². The number of thiophene rings is 1. The van der Waals surface area contributed by atoms with Crippen LogP contribution in [-0.2, 0) is 9.53 Å². The fourth-order valence-corrected chi connectivity index (χ4v) is 6.46. The number of esters is 1. The summed E-state index contributed by atoms with van der Waals surface area (Å²) in [6, 6.07) is 26.3. The van der Waals surface area contributed by atoms with Crippen molar-refractivity contribution in [2.75, 3.05) is 27.9 Å². The van der Waals surface area contributed by atoms with Gasteiger partial charge in [-0.3, -0.25) is 9.59 Å². The Bertz CT molecular complexity index is 1590. The number of para-hydroxylation sites is 2. The second-order valence-electron chi connectivity index (χ2n) is 9.28. The Hall–Kier alpha value is -4.19. The van der Waals surface area contributed by atoms with E-state index in [1.54, 1.807) is 26.0 Å². The molecule has 0 radical (unpaired) electrons. The molecule has 0 spiro atoms. The number of hydrogen-bond acceptors (Lipinski definition) is 7. The number of thiocarbonyl (C=S) groups is 1. The highest BCUT2D eigenvalue weighted by Crippen LogP contribution is 2.36. The SMILES string of the molecule is CCOC(=O)c1c(NC(=O)C(CC)Sc2cccc(NC(=S)Nc3ccccc3)c2)sc(C(=O)Nc2ccccc2)c1C. The van der Waals surface area contributed by atoms with Crippen LogP contribution in [0, 0.1) is 6.92 Å². The van der Waals surface area contributed by atoms with Gasteiger partial charge in [-0.2, -0.15) is 0 Å². The molecule has 43 heavy (non-hydrogen) atoms. The highest BCUT2D eigenvalue weighted by molar-refractivity contribution is 8.00. The summed E-state index contributed by atoms with van der Waals surface area (Å²) in [5.74, 6) is -1.25. The number of amides is 2. The zero-order chi connectivity index (χ0) is 30.8. The number of rotatable bonds is 11. The Morgan fingerprint density at radius 1 is 0.837 bits per heavy atom. The third-order valence-corrected chi connectivity index (χ3v) is 8.93. The number of thioether (sulfide) groups is 1. The van der Waals surface area contributed by atoms with Crippen molar-refractivity contribution in [3.05, 3.63) is 101 Å². The molecule has 0 fully saturated rings. The summed E-state index contributed by atoms with van der Waals surface area (Å²) in [4.78, 5) is 40.7. The highest BCUT2D eigenvalue weighted by atomic mass is 32.2. The van der Waals surface area contributed by atoms with Gasteiger partial charge in [0.05, 0.1) is 22.3 Å². The summed E-state index contributed by atoms with van der Waals surface area (Å²) >= 11 is 7.90. The maximum Gasteiger partial charge on any atom is 0.341 e. The van der Waals surface area contributed by atoms with E-state index in [2.05, 4.69) is 21.3 Å². The van der Waals surface area contributed by atoms with Gasteiger partial charge in [-0.05, 0) is 80.5 Å². The van der Waals surface area contributed by atoms with Gasteiger partial charge in [0.1, 0.15) is 5.00 Å². The molecule has 11 heteroatoms. The van der Waals surface area contributed by atoms with Crippen molar-refractivity contribution >= 4 is 80.3 Å². The molecule has 0 bridgehead atoms. The number of benzene rings is 3. The lowest BCUT2D eigenvalue weighted by molar-refractivity contribution is -0.115. The van der Waals surface area contributed by atoms with Crippen molar-refractivity contribution in [2.24, 2.45) is 0 Å². The largest absolute Gasteiger partial charge is 0.462 e. The van der Waals surface area contributed by atoms with Crippen LogP contribution < -0.4 is 21.3 Å². The average molecular weight is 633 g/mol. The van der Waals surface area contributed by atoms with Crippen LogP contribution in [0.3, 0.4) is 0 Å². The monoisotopic (exact) mass is 632 g/mol. The van der Waals surface area contributed by atoms with E-state index in [1.165, 1.54) is 11.8 Å². The quantitative estimate of drug-likeness (QED) is 0.0754. The Morgan fingerprint density at radius 3 is 2.07 bits per heavy atom. The predicted octanol–water partition coefficient (Wildman–Crippen LogP) is 7.80. The van der Waals surface area contributed by atoms with Crippen LogP contribution >= 0.6 is 35.3 Å². The van der Waals surface area contributed by atoms with Gasteiger partial charge < -0.3 is 26.0 Å². The molecule has 1 atom stereocenters. The first-order valence-corrected chi connectivity index (χ1v) is 15.8. The van der Waals surface area contributed by atoms with E-state index in [1.807, 2.05) is 79.7 Å². The summed E-state index contributed by atoms with van der Waals surface area (Å²) in [6.07, 6.45) is 0.530. The molecule has 4 N–H and O–H groups in total. The molecule has 4 rings (SSSR count). The van der Waals surface area contributed by atoms with Crippen LogP contribution in [0.2, 0.25) is 0 Å². The normalized spacial score (nSPS) is 11.2. The van der Waals surface area contributed by atoms with Gasteiger partial charge in [0.2, 0.25) is 5.91 Å². The van der Waals surface area contributed by atoms with E-state index in [9.17, 15) is 14.4 Å². The fourth-order valence-electron chi connectivity index (χ4n) is 4.12. The highest BCUT2D eigenvalue weighted by Gasteiger charge is 2.28. The number of ether oxygens (including phenoxy) is 1. The lowest BCUT2D eigenvalue weighted by atomic mass is 10.1. The molecule has 0 aliphatic rings. The van der Waals surface area contributed by atoms with E-state index in [-0.39, 0.29) is 29.0 Å². The van der Waals surface area contributed by atoms with E-state index >= 15 is 0 Å². The zero-order valence-electron chi connectivity index (χ0n) is 23.9. The maximum atomic E-state index is 13.5. The van der Waals surface area contributed by atoms with E-state index < -0.39 is 11.2 Å². The van der Waals surface area contributed by atoms with Crippen LogP contribution in [0.25, 0.3) is 0 Å². The van der Waals surface area contributed by atoms with Gasteiger partial charge in [0.15, 0.2) is 5.11 Å². The van der Waals surface area contributed by atoms with E-state index in [0.29, 0.717) is 27.7 Å². The first-order valence-electron chi connectivity index (χ1n) is 13.7. The molecule has 0 aliphatic heterocycles. The minimum Gasteiger partial charge on any atom is -0.462 e. The molecule has 1 aromatic heterocycles. The Labute approximate surface area is 264 Å². The van der Waals surface area contributed by atoms with Crippen molar-refractivity contribution in [1.29, 1.82) is 0 Å². The first-order chi connectivity index (χ1) is 20.8. The Morgan fingerprint density at radius 2 is 1.44 bits per heavy atom. The lowest BCUT2D eigenvalue weighted by Gasteiger charge is -2.16. The van der Waals surface area contributed by atoms with Crippen molar-refractivity contribution < 1.29 is 19.1 Å². The number of carbonyl (C=O) groups is 3. The summed E-state index contributed by atoms with van der Waals surface area (Å²) in [7, 11) is 0. The molecule has 4 aromatic rings. The topological polar surface area (TPSA) is 109 Å². The molecular weight excluding hydrogens is 601 g/mol. The minimum absolute atomic E-state index is 0.162. The first kappa shape index (κ1) is 31.7. The summed E-state index contributed by atoms with van der Waals surface area (Å²) in [6.45, 7) is 5.47. The summed E-state index contributed by atoms with van der Waals surface area (Å²) in [5, 5.41) is 12.3. The van der Waals surface area contributed by atoms with Crippen molar-refractivity contribution in [3.63, 3.8) is 0 Å². The molecular formula is C32H32N4O4S3. The predicted molar refractivity (Wildman–Crippen MR) is 181 cm³/mol. The van der Waals surface area contributed by atoms with Crippen molar-refractivity contribution in [1.82, 2.24) is 0 Å². The Kier molecular flexibility index (Phi) is 11.3. The third kappa shape index (κ3) is 8.66. The molecule has 1 unspecified atom stereocenters. The molecule has 0 aliphatic carbocycles. The van der Waals surface area contributed by atoms with E-state index in [4.69, 9.17) is 17.0 Å². The molecule has 2 amide bonds. The lowest BCUT2D eigenvalue weighted by Crippen LogP contribution is -2.25. The zero-order valence-corrected chi connectivity index (χ0v) is 26.4. The van der Waals surface area contributed by atoms with Gasteiger partial charge in [-0.15, -0.1) is 23.1 Å². The summed E-state index contributed by atoms with van der Waals surface area (Å²) < 4.78 is 5.26. The minimum atomic E-state index is -0.593. The third-order valence-electron chi connectivity index (χ3n) is 6.17. The molecule has 1 heterocycles. The number of anilines is 4. The van der Waals surface area contributed by atoms with Crippen LogP contribution in [0.5, 0.6) is 0 Å². The number of hydrogen-bond donors (Lipinski definition) is 4. The number of nitrogens with one attached hydrogen (secondary N) is 4. The van der Waals surface area contributed by atoms with E-state index in [0.717, 1.165) is 27.6 Å². The molecule has 0 saturated heterocycles. The average Bonchev–Trinajstić information content (AvgIpc) is 3.32. The molecule has 3 aromatic carbocycles. The molecule has 0 saturated carbocycles. The van der Waals surface area contributed by atoms with Crippen LogP contribution in [0.15, 0.2) is 89.8 Å².